The summed E-state index contributed by atoms with van der Waals surface area (Å²) in [5.74, 6) is -0.168. The van der Waals surface area contributed by atoms with Gasteiger partial charge in [0.15, 0.2) is 9.84 Å². The van der Waals surface area contributed by atoms with Gasteiger partial charge in [-0.2, -0.15) is 0 Å². The number of pyridine rings is 2. The van der Waals surface area contributed by atoms with Crippen LogP contribution in [-0.4, -0.2) is 25.5 Å². The second-order valence-corrected chi connectivity index (χ2v) is 7.33. The number of hydrogen-bond acceptors (Lipinski definition) is 5. The first-order valence-corrected chi connectivity index (χ1v) is 8.46. The van der Waals surface area contributed by atoms with Crippen LogP contribution in [-0.2, 0) is 15.6 Å². The molecule has 0 atom stereocenters. The number of ether oxygens (including phenoxy) is 1. The van der Waals surface area contributed by atoms with Gasteiger partial charge in [0.05, 0.1) is 22.2 Å². The van der Waals surface area contributed by atoms with Crippen LogP contribution in [0.4, 0.5) is 0 Å². The molecule has 0 radical (unpaired) electrons. The molecule has 2 rings (SSSR count). The van der Waals surface area contributed by atoms with Gasteiger partial charge in [0.1, 0.15) is 5.15 Å². The summed E-state index contributed by atoms with van der Waals surface area (Å²) in [5, 5.41) is 0.148. The quantitative estimate of drug-likeness (QED) is 0.804. The molecule has 0 bridgehead atoms. The van der Waals surface area contributed by atoms with Crippen LogP contribution in [0.25, 0.3) is 0 Å². The van der Waals surface area contributed by atoms with Gasteiger partial charge in [-0.25, -0.2) is 13.4 Å². The Hall–Kier alpha value is -1.38. The van der Waals surface area contributed by atoms with E-state index >= 15 is 0 Å². The van der Waals surface area contributed by atoms with Crippen LogP contribution in [0, 0.1) is 0 Å². The molecule has 1 N–H and O–H groups in total. The maximum Gasteiger partial charge on any atom is 0.253 e. The van der Waals surface area contributed by atoms with Crippen LogP contribution in [0.2, 0.25) is 5.15 Å². The standard InChI is InChI=1S/C12H10BrClN2O4S/c1-20-12-9(13)4-8(5-15-12)21(18,19)6-7-2-3-10(14)16-11(7)17/h2-5H,6H2,1H3,(H,16,17). The van der Waals surface area contributed by atoms with Crippen molar-refractivity contribution in [3.63, 3.8) is 0 Å². The highest BCUT2D eigenvalue weighted by Crippen LogP contribution is 2.26. The molecule has 0 saturated carbocycles. The predicted molar refractivity (Wildman–Crippen MR) is 81.5 cm³/mol. The zero-order valence-electron chi connectivity index (χ0n) is 10.8. The number of nitrogens with one attached hydrogen (secondary N) is 1. The smallest absolute Gasteiger partial charge is 0.253 e. The van der Waals surface area contributed by atoms with Gasteiger partial charge >= 0.3 is 0 Å². The molecule has 6 nitrogen and oxygen atoms in total. The molecule has 0 unspecified atom stereocenters. The van der Waals surface area contributed by atoms with E-state index in [0.29, 0.717) is 4.47 Å². The third-order valence-electron chi connectivity index (χ3n) is 2.64. The van der Waals surface area contributed by atoms with Crippen molar-refractivity contribution < 1.29 is 13.2 Å². The second-order valence-electron chi connectivity index (χ2n) is 4.08. The zero-order valence-corrected chi connectivity index (χ0v) is 13.9. The van der Waals surface area contributed by atoms with Gasteiger partial charge in [-0.05, 0) is 34.1 Å². The number of aromatic amines is 1. The molecule has 0 aromatic carbocycles. The van der Waals surface area contributed by atoms with E-state index in [-0.39, 0.29) is 21.5 Å². The molecule has 9 heteroatoms. The largest absolute Gasteiger partial charge is 0.480 e. The highest BCUT2D eigenvalue weighted by atomic mass is 79.9. The first-order chi connectivity index (χ1) is 9.83. The molecule has 0 aliphatic carbocycles. The van der Waals surface area contributed by atoms with Crippen molar-refractivity contribution in [2.45, 2.75) is 10.6 Å². The lowest BCUT2D eigenvalue weighted by atomic mass is 10.3. The zero-order chi connectivity index (χ0) is 15.6. The SMILES string of the molecule is COc1ncc(S(=O)(=O)Cc2ccc(Cl)[nH]c2=O)cc1Br. The third-order valence-corrected chi connectivity index (χ3v) is 5.06. The van der Waals surface area contributed by atoms with E-state index in [1.165, 1.54) is 31.5 Å². The third kappa shape index (κ3) is 3.63. The van der Waals surface area contributed by atoms with Gasteiger partial charge in [0, 0.05) is 11.8 Å². The van der Waals surface area contributed by atoms with E-state index in [4.69, 9.17) is 16.3 Å². The fraction of sp³-hybridized carbons (Fsp3) is 0.167. The molecule has 0 aliphatic rings. The maximum atomic E-state index is 12.3. The summed E-state index contributed by atoms with van der Waals surface area (Å²) in [6.45, 7) is 0. The van der Waals surface area contributed by atoms with Crippen LogP contribution in [0.3, 0.4) is 0 Å². The topological polar surface area (TPSA) is 89.1 Å². The Kier molecular flexibility index (Phi) is 4.70. The predicted octanol–water partition coefficient (Wildman–Crippen LogP) is 2.17. The number of methoxy groups -OCH3 is 1. The van der Waals surface area contributed by atoms with E-state index in [2.05, 4.69) is 25.9 Å². The molecule has 112 valence electrons. The number of nitrogens with zero attached hydrogens (tertiary/aromatic N) is 1. The number of hydrogen-bond donors (Lipinski definition) is 1. The van der Waals surface area contributed by atoms with Crippen LogP contribution >= 0.6 is 27.5 Å². The van der Waals surface area contributed by atoms with Gasteiger partial charge in [0.25, 0.3) is 5.56 Å². The van der Waals surface area contributed by atoms with Crippen LogP contribution in [0.1, 0.15) is 5.56 Å². The van der Waals surface area contributed by atoms with Gasteiger partial charge in [0.2, 0.25) is 5.88 Å². The van der Waals surface area contributed by atoms with Crippen molar-refractivity contribution in [3.05, 3.63) is 49.9 Å². The first kappa shape index (κ1) is 16.0. The van der Waals surface area contributed by atoms with E-state index < -0.39 is 21.1 Å². The Bertz CT molecular complexity index is 835. The van der Waals surface area contributed by atoms with E-state index in [1.807, 2.05) is 0 Å². The van der Waals surface area contributed by atoms with Crippen molar-refractivity contribution in [1.82, 2.24) is 9.97 Å². The normalized spacial score (nSPS) is 11.4. The number of aromatic nitrogens is 2. The van der Waals surface area contributed by atoms with E-state index in [0.717, 1.165) is 0 Å². The van der Waals surface area contributed by atoms with Crippen LogP contribution in [0.5, 0.6) is 5.88 Å². The monoisotopic (exact) mass is 392 g/mol. The summed E-state index contributed by atoms with van der Waals surface area (Å²) < 4.78 is 30.0. The molecular weight excluding hydrogens is 384 g/mol. The number of halogens is 2. The Morgan fingerprint density at radius 3 is 2.71 bits per heavy atom. The highest BCUT2D eigenvalue weighted by Gasteiger charge is 2.19. The van der Waals surface area contributed by atoms with Crippen molar-refractivity contribution in [1.29, 1.82) is 0 Å². The number of H-pyrrole nitrogens is 1. The van der Waals surface area contributed by atoms with Gasteiger partial charge in [-0.3, -0.25) is 4.79 Å². The molecule has 0 fully saturated rings. The van der Waals surface area contributed by atoms with Gasteiger partial charge in [-0.15, -0.1) is 0 Å². The first-order valence-electron chi connectivity index (χ1n) is 5.63. The van der Waals surface area contributed by atoms with E-state index in [1.54, 1.807) is 0 Å². The van der Waals surface area contributed by atoms with E-state index in [9.17, 15) is 13.2 Å². The second kappa shape index (κ2) is 6.17. The molecule has 2 aromatic heterocycles. The average molecular weight is 394 g/mol. The maximum absolute atomic E-state index is 12.3. The number of rotatable bonds is 4. The minimum absolute atomic E-state index is 0.00970. The summed E-state index contributed by atoms with van der Waals surface area (Å²) in [5.41, 5.74) is -0.432. The lowest BCUT2D eigenvalue weighted by molar-refractivity contribution is 0.394. The average Bonchev–Trinajstić information content (AvgIpc) is 2.42. The summed E-state index contributed by atoms with van der Waals surface area (Å²) in [4.78, 5) is 17.9. The van der Waals surface area contributed by atoms with Gasteiger partial charge in [-0.1, -0.05) is 11.6 Å². The molecule has 2 heterocycles. The molecule has 0 amide bonds. The molecule has 2 aromatic rings. The van der Waals surface area contributed by atoms with Crippen molar-refractivity contribution in [2.75, 3.05) is 7.11 Å². The molecule has 0 aliphatic heterocycles. The summed E-state index contributed by atoms with van der Waals surface area (Å²) in [6.07, 6.45) is 1.18. The molecule has 21 heavy (non-hydrogen) atoms. The lowest BCUT2D eigenvalue weighted by Gasteiger charge is -2.07. The fourth-order valence-corrected chi connectivity index (χ4v) is 3.74. The molecule has 0 spiro atoms. The minimum Gasteiger partial charge on any atom is -0.480 e. The minimum atomic E-state index is -3.71. The fourth-order valence-electron chi connectivity index (χ4n) is 1.61. The van der Waals surface area contributed by atoms with Crippen molar-refractivity contribution in [3.8, 4) is 5.88 Å². The summed E-state index contributed by atoms with van der Waals surface area (Å²) in [6, 6.07) is 4.19. The van der Waals surface area contributed by atoms with Crippen molar-refractivity contribution >= 4 is 37.4 Å². The highest BCUT2D eigenvalue weighted by molar-refractivity contribution is 9.10. The lowest BCUT2D eigenvalue weighted by Crippen LogP contribution is -2.16. The Morgan fingerprint density at radius 2 is 2.14 bits per heavy atom. The molecule has 0 saturated heterocycles. The Labute approximate surface area is 134 Å². The summed E-state index contributed by atoms with van der Waals surface area (Å²) in [7, 11) is -2.28. The summed E-state index contributed by atoms with van der Waals surface area (Å²) >= 11 is 8.80. The van der Waals surface area contributed by atoms with Crippen LogP contribution in [0.15, 0.2) is 38.6 Å². The number of sulfone groups is 1. The van der Waals surface area contributed by atoms with Gasteiger partial charge < -0.3 is 9.72 Å². The van der Waals surface area contributed by atoms with Crippen molar-refractivity contribution in [2.24, 2.45) is 0 Å². The Morgan fingerprint density at radius 1 is 1.43 bits per heavy atom. The Balaban J connectivity index is 2.38. The molecular formula is C12H10BrClN2O4S. The van der Waals surface area contributed by atoms with Crippen LogP contribution < -0.4 is 10.3 Å².